The molecule has 1 aliphatic heterocycles. The highest BCUT2D eigenvalue weighted by atomic mass is 32.2. The monoisotopic (exact) mass is 399 g/mol. The molecule has 1 aliphatic rings. The van der Waals surface area contributed by atoms with Crippen molar-refractivity contribution < 1.29 is 13.8 Å². The van der Waals surface area contributed by atoms with Gasteiger partial charge in [0.05, 0.1) is 6.54 Å². The lowest BCUT2D eigenvalue weighted by Crippen LogP contribution is -2.26. The third kappa shape index (κ3) is 4.14. The van der Waals surface area contributed by atoms with Crippen LogP contribution in [0.5, 0.6) is 0 Å². The highest BCUT2D eigenvalue weighted by molar-refractivity contribution is 7.99. The summed E-state index contributed by atoms with van der Waals surface area (Å²) >= 11 is 1.92. The van der Waals surface area contributed by atoms with E-state index >= 15 is 0 Å². The molecule has 0 atom stereocenters. The zero-order valence-electron chi connectivity index (χ0n) is 15.8. The second-order valence-corrected chi connectivity index (χ2v) is 8.32. The summed E-state index contributed by atoms with van der Waals surface area (Å²) in [6, 6.07) is 9.07. The molecule has 0 unspecified atom stereocenters. The van der Waals surface area contributed by atoms with E-state index in [4.69, 9.17) is 10.6 Å². The number of nitrogens with two attached hydrogens (primary N) is 1. The molecule has 5 nitrogen and oxygen atoms in total. The second kappa shape index (κ2) is 8.22. The van der Waals surface area contributed by atoms with E-state index in [9.17, 15) is 4.39 Å². The SMILES string of the molecule is C[n+]1ccc2ccn(Cc3ccc(C(N)=NOC4CCSCC4)cc3F)c2c1. The number of oxime groups is 1. The average Bonchev–Trinajstić information content (AvgIpc) is 3.10. The van der Waals surface area contributed by atoms with Gasteiger partial charge in [0.2, 0.25) is 0 Å². The molecule has 0 aliphatic carbocycles. The largest absolute Gasteiger partial charge is 0.391 e. The minimum atomic E-state index is -0.299. The van der Waals surface area contributed by atoms with Gasteiger partial charge < -0.3 is 15.1 Å². The van der Waals surface area contributed by atoms with Crippen molar-refractivity contribution in [1.82, 2.24) is 4.57 Å². The van der Waals surface area contributed by atoms with Gasteiger partial charge in [-0.25, -0.2) is 8.96 Å². The van der Waals surface area contributed by atoms with Gasteiger partial charge in [0, 0.05) is 28.8 Å². The van der Waals surface area contributed by atoms with Crippen LogP contribution in [0.15, 0.2) is 54.1 Å². The molecule has 1 fully saturated rings. The van der Waals surface area contributed by atoms with Crippen LogP contribution in [-0.4, -0.2) is 28.0 Å². The van der Waals surface area contributed by atoms with Crippen LogP contribution < -0.4 is 10.3 Å². The molecule has 28 heavy (non-hydrogen) atoms. The van der Waals surface area contributed by atoms with Crippen molar-refractivity contribution in [3.8, 4) is 0 Å². The van der Waals surface area contributed by atoms with Gasteiger partial charge in [-0.05, 0) is 36.5 Å². The van der Waals surface area contributed by atoms with E-state index in [0.29, 0.717) is 17.7 Å². The Kier molecular flexibility index (Phi) is 5.52. The minimum Gasteiger partial charge on any atom is -0.391 e. The molecule has 3 heterocycles. The van der Waals surface area contributed by atoms with Gasteiger partial charge in [-0.1, -0.05) is 17.3 Å². The Morgan fingerprint density at radius 2 is 2.14 bits per heavy atom. The zero-order valence-corrected chi connectivity index (χ0v) is 16.7. The fourth-order valence-corrected chi connectivity index (χ4v) is 4.41. The fraction of sp³-hybridized carbons (Fsp3) is 0.333. The number of hydrogen-bond donors (Lipinski definition) is 1. The number of nitrogens with zero attached hydrogens (tertiary/aromatic N) is 3. The van der Waals surface area contributed by atoms with Crippen LogP contribution in [0.3, 0.4) is 0 Å². The molecule has 3 aromatic rings. The van der Waals surface area contributed by atoms with Gasteiger partial charge in [0.25, 0.3) is 0 Å². The molecular formula is C21H24FN4OS+. The highest BCUT2D eigenvalue weighted by Crippen LogP contribution is 2.20. The van der Waals surface area contributed by atoms with E-state index < -0.39 is 0 Å². The maximum Gasteiger partial charge on any atom is 0.193 e. The smallest absolute Gasteiger partial charge is 0.193 e. The predicted octanol–water partition coefficient (Wildman–Crippen LogP) is 3.19. The van der Waals surface area contributed by atoms with E-state index in [1.54, 1.807) is 12.1 Å². The van der Waals surface area contributed by atoms with Crippen LogP contribution in [0.4, 0.5) is 4.39 Å². The number of amidine groups is 1. The lowest BCUT2D eigenvalue weighted by atomic mass is 10.1. The summed E-state index contributed by atoms with van der Waals surface area (Å²) in [7, 11) is 1.97. The molecule has 2 N–H and O–H groups in total. The molecule has 7 heteroatoms. The topological polar surface area (TPSA) is 56.4 Å². The Balaban J connectivity index is 1.50. The van der Waals surface area contributed by atoms with Gasteiger partial charge in [0.1, 0.15) is 24.5 Å². The number of rotatable bonds is 5. The molecule has 0 saturated carbocycles. The number of thioether (sulfide) groups is 1. The first kappa shape index (κ1) is 18.8. The van der Waals surface area contributed by atoms with Crippen LogP contribution in [-0.2, 0) is 18.4 Å². The average molecular weight is 400 g/mol. The van der Waals surface area contributed by atoms with E-state index in [2.05, 4.69) is 5.16 Å². The molecule has 0 spiro atoms. The molecule has 0 bridgehead atoms. The Hall–Kier alpha value is -2.54. The van der Waals surface area contributed by atoms with Crippen LogP contribution in [0.1, 0.15) is 24.0 Å². The van der Waals surface area contributed by atoms with Crippen LogP contribution in [0, 0.1) is 5.82 Å². The third-order valence-electron chi connectivity index (χ3n) is 5.01. The summed E-state index contributed by atoms with van der Waals surface area (Å²) in [5, 5.41) is 5.16. The Labute approximate surface area is 168 Å². The first-order chi connectivity index (χ1) is 13.6. The Bertz CT molecular complexity index is 1010. The summed E-state index contributed by atoms with van der Waals surface area (Å²) < 4.78 is 18.7. The number of aryl methyl sites for hydroxylation is 1. The van der Waals surface area contributed by atoms with E-state index in [0.717, 1.165) is 35.3 Å². The standard InChI is InChI=1S/C21H24FN4OS/c1-25-8-4-15-5-9-26(20(15)14-25)13-17-3-2-16(12-19(17)22)21(23)24-27-18-6-10-28-11-7-18/h2-5,8-9,12,14,18H,6-7,10-11,13H2,1H3,(H2,23,24)/q+1. The van der Waals surface area contributed by atoms with Gasteiger partial charge >= 0.3 is 0 Å². The number of pyridine rings is 1. The van der Waals surface area contributed by atoms with Crippen molar-refractivity contribution in [3.05, 3.63) is 65.9 Å². The lowest BCUT2D eigenvalue weighted by Gasteiger charge is -2.19. The van der Waals surface area contributed by atoms with Crippen molar-refractivity contribution in [2.45, 2.75) is 25.5 Å². The van der Waals surface area contributed by atoms with Crippen molar-refractivity contribution in [3.63, 3.8) is 0 Å². The first-order valence-corrected chi connectivity index (χ1v) is 10.6. The van der Waals surface area contributed by atoms with Crippen LogP contribution in [0.2, 0.25) is 0 Å². The van der Waals surface area contributed by atoms with E-state index in [1.165, 1.54) is 6.07 Å². The molecule has 1 aromatic carbocycles. The Morgan fingerprint density at radius 1 is 1.32 bits per heavy atom. The second-order valence-electron chi connectivity index (χ2n) is 7.09. The summed E-state index contributed by atoms with van der Waals surface area (Å²) in [6.45, 7) is 0.451. The van der Waals surface area contributed by atoms with Gasteiger partial charge in [-0.3, -0.25) is 0 Å². The van der Waals surface area contributed by atoms with E-state index in [-0.39, 0.29) is 17.8 Å². The fourth-order valence-electron chi connectivity index (χ4n) is 3.35. The maximum absolute atomic E-state index is 14.7. The molecule has 1 saturated heterocycles. The zero-order chi connectivity index (χ0) is 19.5. The quantitative estimate of drug-likeness (QED) is 0.310. The van der Waals surface area contributed by atoms with Crippen molar-refractivity contribution in [2.24, 2.45) is 17.9 Å². The number of benzene rings is 1. The summed E-state index contributed by atoms with van der Waals surface area (Å²) in [5.74, 6) is 2.07. The van der Waals surface area contributed by atoms with Crippen LogP contribution in [0.25, 0.3) is 10.9 Å². The van der Waals surface area contributed by atoms with Crippen molar-refractivity contribution in [2.75, 3.05) is 11.5 Å². The molecule has 4 rings (SSSR count). The van der Waals surface area contributed by atoms with Gasteiger partial charge in [0.15, 0.2) is 18.2 Å². The molecule has 146 valence electrons. The number of hydrogen-bond acceptors (Lipinski definition) is 3. The summed E-state index contributed by atoms with van der Waals surface area (Å²) in [5.41, 5.74) is 8.21. The molecule has 0 radical (unpaired) electrons. The molecule has 2 aromatic heterocycles. The normalized spacial score (nSPS) is 15.9. The highest BCUT2D eigenvalue weighted by Gasteiger charge is 2.15. The Morgan fingerprint density at radius 3 is 2.93 bits per heavy atom. The minimum absolute atomic E-state index is 0.104. The maximum atomic E-state index is 14.7. The number of halogens is 1. The molecule has 0 amide bonds. The predicted molar refractivity (Wildman–Crippen MR) is 111 cm³/mol. The summed E-state index contributed by atoms with van der Waals surface area (Å²) in [6.07, 6.45) is 8.05. The third-order valence-corrected chi connectivity index (χ3v) is 6.06. The van der Waals surface area contributed by atoms with Crippen molar-refractivity contribution in [1.29, 1.82) is 0 Å². The number of aromatic nitrogens is 2. The summed E-state index contributed by atoms with van der Waals surface area (Å²) in [4.78, 5) is 5.53. The van der Waals surface area contributed by atoms with Crippen LogP contribution >= 0.6 is 11.8 Å². The first-order valence-electron chi connectivity index (χ1n) is 9.40. The van der Waals surface area contributed by atoms with Gasteiger partial charge in [-0.2, -0.15) is 11.8 Å². The van der Waals surface area contributed by atoms with Gasteiger partial charge in [-0.15, -0.1) is 0 Å². The number of fused-ring (bicyclic) bond motifs is 1. The lowest BCUT2D eigenvalue weighted by molar-refractivity contribution is -0.670. The molecular weight excluding hydrogens is 375 g/mol. The van der Waals surface area contributed by atoms with E-state index in [1.807, 2.05) is 58.7 Å². The van der Waals surface area contributed by atoms with Crippen molar-refractivity contribution >= 4 is 28.5 Å².